The lowest BCUT2D eigenvalue weighted by molar-refractivity contribution is 0.561. The molecule has 4 unspecified atom stereocenters. The Labute approximate surface area is 105 Å². The standard InChI is InChI=1S/C15H15Br/c16-15-13-9-5-4-8-12(13)10-14(15)11-6-2-1-3-7-11/h1-9,12-15H,10H2. The highest BCUT2D eigenvalue weighted by Crippen LogP contribution is 2.48. The smallest absolute Gasteiger partial charge is 0.0283 e. The third-order valence-corrected chi connectivity index (χ3v) is 5.05. The number of alkyl halides is 1. The topological polar surface area (TPSA) is 0 Å². The minimum absolute atomic E-state index is 0.584. The molecule has 4 atom stereocenters. The third-order valence-electron chi connectivity index (χ3n) is 3.80. The summed E-state index contributed by atoms with van der Waals surface area (Å²) in [5, 5.41) is 0. The Morgan fingerprint density at radius 1 is 1.00 bits per heavy atom. The Hall–Kier alpha value is -0.820. The number of hydrogen-bond acceptors (Lipinski definition) is 0. The highest BCUT2D eigenvalue weighted by Gasteiger charge is 2.40. The molecule has 0 N–H and O–H groups in total. The zero-order valence-electron chi connectivity index (χ0n) is 9.09. The second kappa shape index (κ2) is 4.21. The second-order valence-electron chi connectivity index (χ2n) is 4.71. The summed E-state index contributed by atoms with van der Waals surface area (Å²) in [6.45, 7) is 0. The van der Waals surface area contributed by atoms with E-state index >= 15 is 0 Å². The number of fused-ring (bicyclic) bond motifs is 1. The van der Waals surface area contributed by atoms with Crippen molar-refractivity contribution in [3.8, 4) is 0 Å². The van der Waals surface area contributed by atoms with Gasteiger partial charge in [0.05, 0.1) is 0 Å². The van der Waals surface area contributed by atoms with Crippen molar-refractivity contribution in [3.63, 3.8) is 0 Å². The molecule has 2 aliphatic rings. The molecule has 0 radical (unpaired) electrons. The van der Waals surface area contributed by atoms with E-state index in [4.69, 9.17) is 0 Å². The molecule has 2 aliphatic carbocycles. The van der Waals surface area contributed by atoms with Crippen LogP contribution in [0, 0.1) is 11.8 Å². The molecule has 0 heterocycles. The predicted octanol–water partition coefficient (Wildman–Crippen LogP) is 4.30. The Balaban J connectivity index is 1.89. The van der Waals surface area contributed by atoms with Gasteiger partial charge in [0.15, 0.2) is 0 Å². The lowest BCUT2D eigenvalue weighted by atomic mass is 9.92. The molecule has 16 heavy (non-hydrogen) atoms. The first-order chi connectivity index (χ1) is 7.86. The quantitative estimate of drug-likeness (QED) is 0.670. The van der Waals surface area contributed by atoms with Crippen LogP contribution in [0.5, 0.6) is 0 Å². The monoisotopic (exact) mass is 274 g/mol. The van der Waals surface area contributed by atoms with Gasteiger partial charge in [0.25, 0.3) is 0 Å². The summed E-state index contributed by atoms with van der Waals surface area (Å²) >= 11 is 3.90. The summed E-state index contributed by atoms with van der Waals surface area (Å²) in [5.41, 5.74) is 1.47. The molecule has 0 saturated heterocycles. The van der Waals surface area contributed by atoms with Crippen LogP contribution in [0.4, 0.5) is 0 Å². The van der Waals surface area contributed by atoms with E-state index in [1.54, 1.807) is 0 Å². The lowest BCUT2D eigenvalue weighted by Crippen LogP contribution is -2.14. The van der Waals surface area contributed by atoms with Crippen molar-refractivity contribution in [2.75, 3.05) is 0 Å². The minimum Gasteiger partial charge on any atom is -0.0877 e. The molecule has 3 rings (SSSR count). The maximum Gasteiger partial charge on any atom is 0.0283 e. The zero-order valence-corrected chi connectivity index (χ0v) is 10.7. The van der Waals surface area contributed by atoms with Crippen molar-refractivity contribution in [1.29, 1.82) is 0 Å². The van der Waals surface area contributed by atoms with Crippen molar-refractivity contribution < 1.29 is 0 Å². The number of hydrogen-bond donors (Lipinski definition) is 0. The molecule has 1 fully saturated rings. The minimum atomic E-state index is 0.584. The average Bonchev–Trinajstić information content (AvgIpc) is 2.69. The van der Waals surface area contributed by atoms with Crippen molar-refractivity contribution >= 4 is 15.9 Å². The van der Waals surface area contributed by atoms with Gasteiger partial charge in [-0.15, -0.1) is 0 Å². The van der Waals surface area contributed by atoms with Gasteiger partial charge in [0.2, 0.25) is 0 Å². The molecule has 1 saturated carbocycles. The Morgan fingerprint density at radius 2 is 1.75 bits per heavy atom. The molecule has 82 valence electrons. The first kappa shape index (κ1) is 10.3. The largest absolute Gasteiger partial charge is 0.0877 e. The second-order valence-corrected chi connectivity index (χ2v) is 5.77. The first-order valence-electron chi connectivity index (χ1n) is 5.90. The number of allylic oxidation sites excluding steroid dienone is 4. The van der Waals surface area contributed by atoms with Gasteiger partial charge in [-0.1, -0.05) is 70.6 Å². The summed E-state index contributed by atoms with van der Waals surface area (Å²) in [6, 6.07) is 10.9. The van der Waals surface area contributed by atoms with Crippen molar-refractivity contribution in [1.82, 2.24) is 0 Å². The summed E-state index contributed by atoms with van der Waals surface area (Å²) in [4.78, 5) is 0.584. The van der Waals surface area contributed by atoms with Gasteiger partial charge in [-0.05, 0) is 29.7 Å². The number of rotatable bonds is 1. The molecule has 1 aromatic rings. The molecule has 1 aromatic carbocycles. The van der Waals surface area contributed by atoms with E-state index in [1.165, 1.54) is 12.0 Å². The molecule has 0 bridgehead atoms. The summed E-state index contributed by atoms with van der Waals surface area (Å²) in [6.07, 6.45) is 10.4. The highest BCUT2D eigenvalue weighted by atomic mass is 79.9. The van der Waals surface area contributed by atoms with Gasteiger partial charge in [0.1, 0.15) is 0 Å². The van der Waals surface area contributed by atoms with Crippen LogP contribution in [0.1, 0.15) is 17.9 Å². The van der Waals surface area contributed by atoms with E-state index < -0.39 is 0 Å². The molecule has 0 amide bonds. The van der Waals surface area contributed by atoms with Gasteiger partial charge < -0.3 is 0 Å². The summed E-state index contributed by atoms with van der Waals surface area (Å²) < 4.78 is 0. The summed E-state index contributed by atoms with van der Waals surface area (Å²) in [5.74, 6) is 2.05. The van der Waals surface area contributed by atoms with E-state index in [0.29, 0.717) is 16.7 Å². The Bertz CT molecular complexity index is 418. The maximum atomic E-state index is 3.90. The van der Waals surface area contributed by atoms with Crippen LogP contribution < -0.4 is 0 Å². The van der Waals surface area contributed by atoms with Crippen LogP contribution in [-0.2, 0) is 0 Å². The fourth-order valence-corrected chi connectivity index (χ4v) is 4.05. The van der Waals surface area contributed by atoms with Gasteiger partial charge >= 0.3 is 0 Å². The molecule has 0 spiro atoms. The Morgan fingerprint density at radius 3 is 2.50 bits per heavy atom. The first-order valence-corrected chi connectivity index (χ1v) is 6.82. The SMILES string of the molecule is BrC1C(c2ccccc2)CC2C=CC=CC21. The van der Waals surface area contributed by atoms with E-state index in [9.17, 15) is 0 Å². The van der Waals surface area contributed by atoms with E-state index in [2.05, 4.69) is 70.6 Å². The van der Waals surface area contributed by atoms with Gasteiger partial charge in [-0.2, -0.15) is 0 Å². The normalized spacial score (nSPS) is 36.3. The fourth-order valence-electron chi connectivity index (χ4n) is 2.96. The van der Waals surface area contributed by atoms with Crippen LogP contribution in [0.15, 0.2) is 54.6 Å². The van der Waals surface area contributed by atoms with Crippen molar-refractivity contribution in [3.05, 3.63) is 60.2 Å². The molecule has 1 heteroatoms. The third kappa shape index (κ3) is 1.67. The zero-order chi connectivity index (χ0) is 11.0. The van der Waals surface area contributed by atoms with E-state index in [1.807, 2.05) is 0 Å². The molecule has 0 aliphatic heterocycles. The van der Waals surface area contributed by atoms with Crippen LogP contribution in [0.2, 0.25) is 0 Å². The number of benzene rings is 1. The van der Waals surface area contributed by atoms with E-state index in [-0.39, 0.29) is 0 Å². The fraction of sp³-hybridized carbons (Fsp3) is 0.333. The maximum absolute atomic E-state index is 3.90. The van der Waals surface area contributed by atoms with Crippen LogP contribution in [-0.4, -0.2) is 4.83 Å². The van der Waals surface area contributed by atoms with Gasteiger partial charge in [-0.3, -0.25) is 0 Å². The lowest BCUT2D eigenvalue weighted by Gasteiger charge is -2.19. The van der Waals surface area contributed by atoms with Crippen molar-refractivity contribution in [2.24, 2.45) is 11.8 Å². The predicted molar refractivity (Wildman–Crippen MR) is 71.8 cm³/mol. The molecule has 0 aromatic heterocycles. The molecular formula is C15H15Br. The molecule has 0 nitrogen and oxygen atoms in total. The molecular weight excluding hydrogens is 260 g/mol. The number of halogens is 1. The van der Waals surface area contributed by atoms with Gasteiger partial charge in [-0.25, -0.2) is 0 Å². The summed E-state index contributed by atoms with van der Waals surface area (Å²) in [7, 11) is 0. The van der Waals surface area contributed by atoms with E-state index in [0.717, 1.165) is 5.92 Å². The average molecular weight is 275 g/mol. The van der Waals surface area contributed by atoms with Crippen LogP contribution in [0.25, 0.3) is 0 Å². The van der Waals surface area contributed by atoms with Gasteiger partial charge in [0, 0.05) is 4.83 Å². The van der Waals surface area contributed by atoms with Crippen LogP contribution >= 0.6 is 15.9 Å². The highest BCUT2D eigenvalue weighted by molar-refractivity contribution is 9.09. The van der Waals surface area contributed by atoms with Crippen molar-refractivity contribution in [2.45, 2.75) is 17.2 Å². The van der Waals surface area contributed by atoms with Crippen LogP contribution in [0.3, 0.4) is 0 Å². The Kier molecular flexibility index (Phi) is 2.72.